The van der Waals surface area contributed by atoms with E-state index in [-0.39, 0.29) is 21.7 Å². The maximum absolute atomic E-state index is 9.92. The van der Waals surface area contributed by atoms with Gasteiger partial charge in [0.1, 0.15) is 0 Å². The van der Waals surface area contributed by atoms with Gasteiger partial charge in [-0.2, -0.15) is 10.5 Å². The molecule has 0 radical (unpaired) electrons. The van der Waals surface area contributed by atoms with Crippen molar-refractivity contribution < 1.29 is 0 Å². The van der Waals surface area contributed by atoms with Crippen LogP contribution in [0.2, 0.25) is 0 Å². The predicted molar refractivity (Wildman–Crippen MR) is 600 cm³/mol. The van der Waals surface area contributed by atoms with Crippen LogP contribution in [0.5, 0.6) is 0 Å². The van der Waals surface area contributed by atoms with Crippen molar-refractivity contribution in [2.75, 3.05) is 19.6 Å². The highest BCUT2D eigenvalue weighted by Crippen LogP contribution is 2.60. The van der Waals surface area contributed by atoms with Crippen molar-refractivity contribution in [2.45, 2.75) is 77.0 Å². The third-order valence-corrected chi connectivity index (χ3v) is 31.3. The normalized spacial score (nSPS) is 13.5. The Morgan fingerprint density at radius 2 is 0.465 bits per heavy atom. The van der Waals surface area contributed by atoms with Gasteiger partial charge in [-0.3, -0.25) is 0 Å². The van der Waals surface area contributed by atoms with Gasteiger partial charge in [-0.25, -0.2) is 9.69 Å². The average Bonchev–Trinajstić information content (AvgIpc) is 1.44. The number of benzene rings is 22. The molecule has 8 nitrogen and oxygen atoms in total. The fourth-order valence-electron chi connectivity index (χ4n) is 24.1. The first kappa shape index (κ1) is 87.1. The lowest BCUT2D eigenvalue weighted by Gasteiger charge is -2.37. The third kappa shape index (κ3) is 13.9. The Morgan fingerprint density at radius 1 is 0.194 bits per heavy atom. The van der Waals surface area contributed by atoms with Crippen LogP contribution in [0.1, 0.15) is 111 Å². The Balaban J connectivity index is 0.000000151. The Kier molecular flexibility index (Phi) is 20.4. The summed E-state index contributed by atoms with van der Waals surface area (Å²) in [5.41, 5.74) is 39.1. The van der Waals surface area contributed by atoms with Crippen molar-refractivity contribution in [2.24, 2.45) is 0 Å². The van der Waals surface area contributed by atoms with Crippen LogP contribution >= 0.6 is 0 Å². The molecular weight excluding hydrogens is 1750 g/mol. The molecule has 0 aliphatic heterocycles. The summed E-state index contributed by atoms with van der Waals surface area (Å²) in [6.45, 7) is 34.3. The van der Waals surface area contributed by atoms with Gasteiger partial charge >= 0.3 is 0 Å². The van der Waals surface area contributed by atoms with Crippen molar-refractivity contribution in [3.63, 3.8) is 0 Å². The van der Waals surface area contributed by atoms with E-state index >= 15 is 0 Å². The zero-order valence-electron chi connectivity index (χ0n) is 81.1. The second kappa shape index (κ2) is 33.7. The number of nitriles is 2. The highest BCUT2D eigenvalue weighted by atomic mass is 15.2. The number of nitrogens with zero attached hydrogens (tertiary/aromatic N) is 8. The lowest BCUT2D eigenvalue weighted by atomic mass is 9.68. The fourth-order valence-corrected chi connectivity index (χ4v) is 24.1. The molecule has 0 N–H and O–H groups in total. The van der Waals surface area contributed by atoms with Gasteiger partial charge in [-0.1, -0.05) is 322 Å². The molecule has 0 aromatic heterocycles. The Bertz CT molecular complexity index is 9270. The summed E-state index contributed by atoms with van der Waals surface area (Å²) in [4.78, 5) is 16.9. The molecule has 0 amide bonds. The van der Waals surface area contributed by atoms with E-state index in [2.05, 4.69) is 461 Å². The summed E-state index contributed by atoms with van der Waals surface area (Å²) < 4.78 is 0. The van der Waals surface area contributed by atoms with E-state index in [9.17, 15) is 10.5 Å². The van der Waals surface area contributed by atoms with Gasteiger partial charge in [-0.05, 0) is 335 Å². The highest BCUT2D eigenvalue weighted by molar-refractivity contribution is 6.28. The topological polar surface area (TPSA) is 69.3 Å². The monoisotopic (exact) mass is 1840 g/mol. The number of hydrogen-bond acceptors (Lipinski definition) is 6. The zero-order chi connectivity index (χ0) is 97.8. The second-order valence-electron chi connectivity index (χ2n) is 40.6. The van der Waals surface area contributed by atoms with E-state index in [0.29, 0.717) is 22.5 Å². The van der Waals surface area contributed by atoms with E-state index in [1.54, 1.807) is 0 Å². The van der Waals surface area contributed by atoms with Crippen molar-refractivity contribution >= 4 is 144 Å². The van der Waals surface area contributed by atoms with E-state index in [4.69, 9.17) is 13.1 Å². The summed E-state index contributed by atoms with van der Waals surface area (Å²) in [5.74, 6) is 0. The second-order valence-corrected chi connectivity index (χ2v) is 40.6. The molecule has 0 spiro atoms. The molecule has 22 aromatic carbocycles. The van der Waals surface area contributed by atoms with Crippen LogP contribution in [0.3, 0.4) is 0 Å². The quantitative estimate of drug-likeness (QED) is 0.0798. The number of anilines is 12. The summed E-state index contributed by atoms with van der Waals surface area (Å²) in [6, 6.07) is 162. The first-order chi connectivity index (χ1) is 70.2. The summed E-state index contributed by atoms with van der Waals surface area (Å²) >= 11 is 0. The first-order valence-corrected chi connectivity index (χ1v) is 49.3. The standard InChI is InChI=1S/C71H52N4.C65H44N4/c1-69(2)62-21-13-11-17-52(62)59-37-47(33-36-63(59)69)74(45-29-25-44(73-7)26-30-45)48-31-35-54-60-40-57-50-15-8-9-18-55(50)67(41-58(57)56-19-14-22-64(68(56)60)71(5,6)66(54)38-48)75(46-27-23-43(42-72)24-28-46)49-32-34-53-51-16-10-12-20-61(51)70(3,4)65(53)39-49;1-65(2)61-20-12-19-57-59-41-63(69(52-35-27-48(67-3)28-36-52)51-33-25-47(26-34-51)45-15-8-5-9-16-45)56-18-11-10-17-54(56)58(59)40-60(64(57)61)55-38-37-53(39-62(55)65)68(49-29-21-43(42-66)22-30-49)50-31-23-46(24-32-50)44-13-6-4-7-14-44/h8-41H,1-6H3;4-41H,1-2H3. The smallest absolute Gasteiger partial charge is 0.187 e. The maximum Gasteiger partial charge on any atom is 0.187 e. The van der Waals surface area contributed by atoms with Crippen molar-refractivity contribution in [1.82, 2.24) is 0 Å². The Morgan fingerprint density at radius 3 is 0.882 bits per heavy atom. The van der Waals surface area contributed by atoms with Crippen LogP contribution in [0.15, 0.2) is 437 Å². The van der Waals surface area contributed by atoms with Gasteiger partial charge in [0.15, 0.2) is 11.4 Å². The number of hydrogen-bond donors (Lipinski definition) is 0. The minimum absolute atomic E-state index is 0.106. The van der Waals surface area contributed by atoms with E-state index < -0.39 is 0 Å². The molecule has 0 saturated carbocycles. The van der Waals surface area contributed by atoms with Crippen LogP contribution in [-0.2, 0) is 21.7 Å². The molecule has 0 bridgehead atoms. The minimum atomic E-state index is -0.366. The molecule has 0 heterocycles. The molecule has 0 saturated heterocycles. The molecule has 4 aliphatic rings. The molecule has 0 atom stereocenters. The Hall–Kier alpha value is -18.4. The van der Waals surface area contributed by atoms with E-state index in [0.717, 1.165) is 90.1 Å². The minimum Gasteiger partial charge on any atom is -0.311 e. The van der Waals surface area contributed by atoms with Crippen molar-refractivity contribution in [1.29, 1.82) is 10.5 Å². The highest BCUT2D eigenvalue weighted by Gasteiger charge is 2.42. The molecule has 0 unspecified atom stereocenters. The molecule has 144 heavy (non-hydrogen) atoms. The third-order valence-electron chi connectivity index (χ3n) is 31.3. The lowest BCUT2D eigenvalue weighted by molar-refractivity contribution is 0.645. The number of fused-ring (bicyclic) bond motifs is 18. The van der Waals surface area contributed by atoms with Crippen molar-refractivity contribution in [3.05, 3.63) is 515 Å². The van der Waals surface area contributed by atoms with Gasteiger partial charge < -0.3 is 19.6 Å². The largest absolute Gasteiger partial charge is 0.311 e. The van der Waals surface area contributed by atoms with Gasteiger partial charge in [0.05, 0.1) is 47.8 Å². The van der Waals surface area contributed by atoms with Gasteiger partial charge in [0.25, 0.3) is 0 Å². The maximum atomic E-state index is 9.92. The Labute approximate surface area is 839 Å². The summed E-state index contributed by atoms with van der Waals surface area (Å²) in [7, 11) is 0. The molecule has 22 aromatic rings. The van der Waals surface area contributed by atoms with Gasteiger partial charge in [0, 0.05) is 89.3 Å². The zero-order valence-corrected chi connectivity index (χ0v) is 81.1. The molecule has 0 fully saturated rings. The van der Waals surface area contributed by atoms with Crippen LogP contribution in [0.25, 0.3) is 141 Å². The molecule has 8 heteroatoms. The van der Waals surface area contributed by atoms with Gasteiger partial charge in [-0.15, -0.1) is 0 Å². The van der Waals surface area contributed by atoms with E-state index in [1.807, 2.05) is 72.8 Å². The average molecular weight is 1840 g/mol. The summed E-state index contributed by atoms with van der Waals surface area (Å²) in [5, 5.41) is 34.1. The van der Waals surface area contributed by atoms with Crippen LogP contribution in [0.4, 0.5) is 79.6 Å². The molecular formula is C136H96N8. The molecule has 680 valence electrons. The van der Waals surface area contributed by atoms with E-state index in [1.165, 1.54) is 154 Å². The molecule has 26 rings (SSSR count). The first-order valence-electron chi connectivity index (χ1n) is 49.3. The fraction of sp³-hybridized carbons (Fsp3) is 0.0882. The number of rotatable bonds is 14. The molecule has 4 aliphatic carbocycles. The predicted octanol–water partition coefficient (Wildman–Crippen LogP) is 37.6. The van der Waals surface area contributed by atoms with Gasteiger partial charge in [0.2, 0.25) is 0 Å². The van der Waals surface area contributed by atoms with Crippen LogP contribution in [-0.4, -0.2) is 0 Å². The van der Waals surface area contributed by atoms with Crippen LogP contribution in [0, 0.1) is 35.8 Å². The SMILES string of the molecule is [C-]#[N+]c1ccc(N(c2ccc(-c3ccccc3)cc2)c2cc3c4cccc5c4c(cc3c3ccccc23)-c2ccc(N(c3ccc(C#N)cc3)c3ccc(-c4ccccc4)cc3)cc2C5(C)C)cc1.[C-]#[N+]c1ccc(N(c2ccc3c(c2)-c2ccccc2C3(C)C)c2ccc3c(c2)C(C)(C)c2cccc4c2c-3cc2c3ccccc3c(N(c3ccc(C#N)cc3)c3ccc5c(c3)C(C)(C)c3ccccc3-5)cc42)cc1. The lowest BCUT2D eigenvalue weighted by Crippen LogP contribution is -2.24. The van der Waals surface area contributed by atoms with Crippen molar-refractivity contribution in [3.8, 4) is 78.9 Å². The van der Waals surface area contributed by atoms with Crippen LogP contribution < -0.4 is 19.6 Å². The summed E-state index contributed by atoms with van der Waals surface area (Å²) in [6.07, 6.45) is 0.